The molecular formula is C21H24F3N3O7. The first-order valence-corrected chi connectivity index (χ1v) is 9.72. The molecule has 1 heterocycles. The molecule has 3 rings (SSSR count). The van der Waals surface area contributed by atoms with E-state index in [-0.39, 0.29) is 34.0 Å². The van der Waals surface area contributed by atoms with Gasteiger partial charge in [0.2, 0.25) is 0 Å². The number of aliphatic hydroxyl groups is 4. The van der Waals surface area contributed by atoms with E-state index in [1.165, 1.54) is 31.6 Å². The summed E-state index contributed by atoms with van der Waals surface area (Å²) < 4.78 is 51.6. The highest BCUT2D eigenvalue weighted by Crippen LogP contribution is 2.36. The molecule has 34 heavy (non-hydrogen) atoms. The molecule has 0 unspecified atom stereocenters. The molecule has 10 nitrogen and oxygen atoms in total. The monoisotopic (exact) mass is 487 g/mol. The standard InChI is InChI=1S/C21H22F3N3O6.H2O/c1-32-16-5-11-15(6-17(16)33-18(8-29)20(31)19(30)13(24)7-28)25-9-26-21(11)27-14-3-2-10(22)4-12(14)23;/h2-6,9,13,18-20,28-31H,7-8H2,1H3,(H,25,26,27);1H2/t13-,18-,19+,20+;/m1./s1. The lowest BCUT2D eigenvalue weighted by Gasteiger charge is -2.28. The third-order valence-corrected chi connectivity index (χ3v) is 4.84. The molecule has 3 aromatic rings. The van der Waals surface area contributed by atoms with Gasteiger partial charge in [0.1, 0.15) is 36.0 Å². The number of benzene rings is 2. The average Bonchev–Trinajstić information content (AvgIpc) is 2.82. The van der Waals surface area contributed by atoms with Crippen molar-refractivity contribution in [3.05, 3.63) is 48.3 Å². The summed E-state index contributed by atoms with van der Waals surface area (Å²) in [6.45, 7) is -1.82. The number of rotatable bonds is 10. The molecule has 0 bridgehead atoms. The highest BCUT2D eigenvalue weighted by Gasteiger charge is 2.34. The maximum Gasteiger partial charge on any atom is 0.164 e. The predicted molar refractivity (Wildman–Crippen MR) is 115 cm³/mol. The summed E-state index contributed by atoms with van der Waals surface area (Å²) in [5.41, 5.74) is 0.258. The van der Waals surface area contributed by atoms with Crippen molar-refractivity contribution in [1.82, 2.24) is 9.97 Å². The fourth-order valence-electron chi connectivity index (χ4n) is 3.05. The number of halogens is 3. The minimum absolute atomic E-state index is 0. The van der Waals surface area contributed by atoms with Crippen LogP contribution < -0.4 is 14.8 Å². The van der Waals surface area contributed by atoms with Crippen molar-refractivity contribution in [2.75, 3.05) is 25.6 Å². The van der Waals surface area contributed by atoms with Gasteiger partial charge in [0.15, 0.2) is 23.8 Å². The Hall–Kier alpha value is -3.23. The minimum atomic E-state index is -2.15. The van der Waals surface area contributed by atoms with Crippen molar-refractivity contribution in [2.45, 2.75) is 24.5 Å². The van der Waals surface area contributed by atoms with E-state index in [0.717, 1.165) is 6.07 Å². The molecule has 0 aliphatic carbocycles. The van der Waals surface area contributed by atoms with Crippen LogP contribution >= 0.6 is 0 Å². The second kappa shape index (κ2) is 11.8. The number of nitrogens with zero attached hydrogens (tertiary/aromatic N) is 2. The lowest BCUT2D eigenvalue weighted by molar-refractivity contribution is -0.0981. The Kier molecular flexibility index (Phi) is 9.35. The van der Waals surface area contributed by atoms with E-state index in [1.54, 1.807) is 0 Å². The van der Waals surface area contributed by atoms with Gasteiger partial charge in [0, 0.05) is 17.5 Å². The van der Waals surface area contributed by atoms with Crippen molar-refractivity contribution in [3.8, 4) is 11.5 Å². The zero-order valence-corrected chi connectivity index (χ0v) is 17.8. The van der Waals surface area contributed by atoms with Crippen LogP contribution in [-0.2, 0) is 0 Å². The highest BCUT2D eigenvalue weighted by molar-refractivity contribution is 5.93. The van der Waals surface area contributed by atoms with Crippen LogP contribution in [0.1, 0.15) is 0 Å². The summed E-state index contributed by atoms with van der Waals surface area (Å²) in [7, 11) is 1.31. The van der Waals surface area contributed by atoms with Gasteiger partial charge in [-0.3, -0.25) is 0 Å². The molecule has 0 amide bonds. The van der Waals surface area contributed by atoms with E-state index in [2.05, 4.69) is 15.3 Å². The Morgan fingerprint density at radius 2 is 1.74 bits per heavy atom. The van der Waals surface area contributed by atoms with Crippen LogP contribution in [-0.4, -0.2) is 80.7 Å². The summed E-state index contributed by atoms with van der Waals surface area (Å²) in [4.78, 5) is 8.17. The molecule has 0 saturated carbocycles. The Labute approximate surface area is 191 Å². The maximum atomic E-state index is 14.1. The molecule has 0 spiro atoms. The van der Waals surface area contributed by atoms with Gasteiger partial charge >= 0.3 is 0 Å². The average molecular weight is 487 g/mol. The largest absolute Gasteiger partial charge is 0.493 e. The van der Waals surface area contributed by atoms with Gasteiger partial charge in [-0.2, -0.15) is 0 Å². The van der Waals surface area contributed by atoms with Gasteiger partial charge in [0.25, 0.3) is 0 Å². The van der Waals surface area contributed by atoms with E-state index >= 15 is 0 Å². The van der Waals surface area contributed by atoms with E-state index in [0.29, 0.717) is 11.5 Å². The predicted octanol–water partition coefficient (Wildman–Crippen LogP) is 0.627. The SMILES string of the molecule is COc1cc2c(Nc3ccc(F)cc3F)ncnc2cc1O[C@H](CO)[C@H](O)[C@@H](O)[C@H](F)CO.O. The zero-order valence-electron chi connectivity index (χ0n) is 17.8. The number of anilines is 2. The normalized spacial score (nSPS) is 14.6. The zero-order chi connectivity index (χ0) is 24.1. The molecule has 7 N–H and O–H groups in total. The van der Waals surface area contributed by atoms with Crippen LogP contribution in [0.3, 0.4) is 0 Å². The number of fused-ring (bicyclic) bond motifs is 1. The third kappa shape index (κ3) is 5.81. The van der Waals surface area contributed by atoms with Gasteiger partial charge in [-0.15, -0.1) is 0 Å². The number of aliphatic hydroxyl groups excluding tert-OH is 4. The van der Waals surface area contributed by atoms with Gasteiger partial charge < -0.3 is 40.7 Å². The molecular weight excluding hydrogens is 463 g/mol. The molecule has 13 heteroatoms. The van der Waals surface area contributed by atoms with Crippen molar-refractivity contribution in [3.63, 3.8) is 0 Å². The molecule has 186 valence electrons. The van der Waals surface area contributed by atoms with Crippen LogP contribution in [0.15, 0.2) is 36.7 Å². The Morgan fingerprint density at radius 3 is 2.35 bits per heavy atom. The van der Waals surface area contributed by atoms with Crippen molar-refractivity contribution in [1.29, 1.82) is 0 Å². The molecule has 0 aliphatic rings. The van der Waals surface area contributed by atoms with E-state index in [4.69, 9.17) is 14.6 Å². The maximum absolute atomic E-state index is 14.1. The number of methoxy groups -OCH3 is 1. The first-order chi connectivity index (χ1) is 15.8. The quantitative estimate of drug-likeness (QED) is 0.275. The van der Waals surface area contributed by atoms with Crippen LogP contribution in [0.25, 0.3) is 10.9 Å². The molecule has 0 radical (unpaired) electrons. The Bertz CT molecular complexity index is 1110. The van der Waals surface area contributed by atoms with E-state index < -0.39 is 49.3 Å². The molecule has 0 fully saturated rings. The number of aromatic nitrogens is 2. The van der Waals surface area contributed by atoms with Crippen LogP contribution in [0, 0.1) is 11.6 Å². The van der Waals surface area contributed by atoms with Crippen LogP contribution in [0.2, 0.25) is 0 Å². The Balaban J connectivity index is 0.00000408. The van der Waals surface area contributed by atoms with E-state index in [1.807, 2.05) is 0 Å². The third-order valence-electron chi connectivity index (χ3n) is 4.84. The van der Waals surface area contributed by atoms with Crippen molar-refractivity contribution >= 4 is 22.4 Å². The summed E-state index contributed by atoms with van der Waals surface area (Å²) in [6, 6.07) is 5.82. The van der Waals surface area contributed by atoms with Crippen LogP contribution in [0.5, 0.6) is 11.5 Å². The summed E-state index contributed by atoms with van der Waals surface area (Å²) in [6.07, 6.45) is -6.32. The number of alkyl halides is 1. The van der Waals surface area contributed by atoms with Gasteiger partial charge in [-0.1, -0.05) is 0 Å². The second-order valence-corrected chi connectivity index (χ2v) is 7.01. The van der Waals surface area contributed by atoms with Crippen molar-refractivity contribution in [2.24, 2.45) is 0 Å². The summed E-state index contributed by atoms with van der Waals surface area (Å²) >= 11 is 0. The number of ether oxygens (including phenoxy) is 2. The highest BCUT2D eigenvalue weighted by atomic mass is 19.1. The van der Waals surface area contributed by atoms with Gasteiger partial charge in [0.05, 0.1) is 31.5 Å². The van der Waals surface area contributed by atoms with Gasteiger partial charge in [-0.25, -0.2) is 23.1 Å². The lowest BCUT2D eigenvalue weighted by Crippen LogP contribution is -2.48. The fraction of sp³-hybridized carbons (Fsp3) is 0.333. The van der Waals surface area contributed by atoms with Gasteiger partial charge in [-0.05, 0) is 18.2 Å². The number of hydrogen-bond donors (Lipinski definition) is 5. The molecule has 0 aliphatic heterocycles. The topological polar surface area (TPSA) is 169 Å². The first kappa shape index (κ1) is 27.0. The van der Waals surface area contributed by atoms with Crippen molar-refractivity contribution < 1.29 is 48.5 Å². The molecule has 0 saturated heterocycles. The lowest BCUT2D eigenvalue weighted by atomic mass is 10.0. The molecule has 1 aromatic heterocycles. The summed E-state index contributed by atoms with van der Waals surface area (Å²) in [5, 5.41) is 41.5. The fourth-order valence-corrected chi connectivity index (χ4v) is 3.05. The first-order valence-electron chi connectivity index (χ1n) is 9.72. The molecule has 2 aromatic carbocycles. The smallest absolute Gasteiger partial charge is 0.164 e. The number of hydrogen-bond acceptors (Lipinski definition) is 9. The number of nitrogens with one attached hydrogen (secondary N) is 1. The summed E-state index contributed by atoms with van der Waals surface area (Å²) in [5.74, 6) is -1.31. The Morgan fingerprint density at radius 1 is 1.00 bits per heavy atom. The minimum Gasteiger partial charge on any atom is -0.493 e. The molecule has 4 atom stereocenters. The second-order valence-electron chi connectivity index (χ2n) is 7.01. The van der Waals surface area contributed by atoms with E-state index in [9.17, 15) is 28.5 Å². The van der Waals surface area contributed by atoms with Crippen LogP contribution in [0.4, 0.5) is 24.7 Å².